The summed E-state index contributed by atoms with van der Waals surface area (Å²) in [6, 6.07) is 0. The fraction of sp³-hybridized carbons (Fsp3) is 1.00. The smallest absolute Gasteiger partial charge is 0.210 e. The van der Waals surface area contributed by atoms with Gasteiger partial charge in [0.15, 0.2) is 0 Å². The Labute approximate surface area is 65.1 Å². The summed E-state index contributed by atoms with van der Waals surface area (Å²) >= 11 is 4.27. The Morgan fingerprint density at radius 2 is 2.22 bits per heavy atom. The van der Waals surface area contributed by atoms with Gasteiger partial charge in [-0.3, -0.25) is 0 Å². The molecule has 0 aliphatic heterocycles. The van der Waals surface area contributed by atoms with Crippen LogP contribution in [0, 0.1) is 5.92 Å². The molecular formula is C6H15BOS. The minimum Gasteiger partial charge on any atom is -0.396 e. The summed E-state index contributed by atoms with van der Waals surface area (Å²) in [7, 11) is 0. The summed E-state index contributed by atoms with van der Waals surface area (Å²) in [5.41, 5.74) is 0. The third kappa shape index (κ3) is 30.5. The molecule has 1 N–H and O–H groups in total. The van der Waals surface area contributed by atoms with Crippen molar-refractivity contribution in [2.45, 2.75) is 27.1 Å². The van der Waals surface area contributed by atoms with Crippen molar-refractivity contribution in [3.63, 3.8) is 0 Å². The summed E-state index contributed by atoms with van der Waals surface area (Å²) in [5.74, 6) is 0.658. The average molecular weight is 148 g/mol. The quantitative estimate of drug-likeness (QED) is 0.616. The Morgan fingerprint density at radius 1 is 1.78 bits per heavy atom. The molecule has 0 bridgehead atoms. The molecule has 0 atom stereocenters. The van der Waals surface area contributed by atoms with Crippen molar-refractivity contribution in [3.05, 3.63) is 0 Å². The second kappa shape index (κ2) is 11.1. The molecule has 0 spiro atoms. The molecule has 0 amide bonds. The van der Waals surface area contributed by atoms with Gasteiger partial charge in [-0.2, -0.15) is 0 Å². The van der Waals surface area contributed by atoms with E-state index in [0.717, 1.165) is 6.42 Å². The zero-order valence-electron chi connectivity index (χ0n) is 7.39. The Hall–Kier alpha value is 0.245. The maximum Gasteiger partial charge on any atom is 0.210 e. The van der Waals surface area contributed by atoms with Gasteiger partial charge in [0.2, 0.25) is 1.43 Å². The van der Waals surface area contributed by atoms with Gasteiger partial charge in [-0.1, -0.05) is 13.8 Å². The van der Waals surface area contributed by atoms with Crippen molar-refractivity contribution >= 4 is 18.2 Å². The molecular weight excluding hydrogens is 131 g/mol. The van der Waals surface area contributed by atoms with Gasteiger partial charge in [-0.15, -0.1) is 0 Å². The molecule has 0 aromatic rings. The second-order valence-corrected chi connectivity index (χ2v) is 2.59. The Morgan fingerprint density at radius 3 is 2.33 bits per heavy atom. The van der Waals surface area contributed by atoms with Gasteiger partial charge in [-0.25, -0.2) is 0 Å². The van der Waals surface area contributed by atoms with Gasteiger partial charge in [0.1, 0.15) is 0 Å². The molecule has 0 saturated carbocycles. The summed E-state index contributed by atoms with van der Waals surface area (Å²) in [4.78, 5) is 0. The van der Waals surface area contributed by atoms with E-state index in [1.807, 2.05) is 6.82 Å². The Bertz CT molecular complexity index is 70.8. The first-order valence-electron chi connectivity index (χ1n) is 3.57. The van der Waals surface area contributed by atoms with Gasteiger partial charge in [0.25, 0.3) is 0 Å². The zero-order valence-corrected chi connectivity index (χ0v) is 7.20. The van der Waals surface area contributed by atoms with Crippen LogP contribution in [-0.4, -0.2) is 19.3 Å². The molecule has 0 saturated heterocycles. The van der Waals surface area contributed by atoms with Gasteiger partial charge < -0.3 is 5.11 Å². The fourth-order valence-corrected chi connectivity index (χ4v) is 0.236. The summed E-state index contributed by atoms with van der Waals surface area (Å²) in [5, 5.41) is 4.10. The van der Waals surface area contributed by atoms with Crippen molar-refractivity contribution in [2.75, 3.05) is 6.61 Å². The van der Waals surface area contributed by atoms with Crippen molar-refractivity contribution in [3.8, 4) is 0 Å². The molecule has 0 heterocycles. The predicted octanol–water partition coefficient (Wildman–Crippen LogP) is 1.88. The van der Waals surface area contributed by atoms with Gasteiger partial charge >= 0.3 is 25.0 Å². The topological polar surface area (TPSA) is 20.2 Å². The van der Waals surface area contributed by atoms with Crippen LogP contribution in [0.3, 0.4) is 0 Å². The molecule has 0 radical (unpaired) electrons. The normalized spacial score (nSPS) is 9.11. The van der Waals surface area contributed by atoms with E-state index >= 15 is 0 Å². The average Bonchev–Trinajstić information content (AvgIpc) is 1.85. The van der Waals surface area contributed by atoms with Crippen LogP contribution >= 0.6 is 12.1 Å². The molecule has 0 fully saturated rings. The van der Waals surface area contributed by atoms with E-state index in [0.29, 0.717) is 12.5 Å². The summed E-state index contributed by atoms with van der Waals surface area (Å²) in [6.45, 7) is 6.60. The summed E-state index contributed by atoms with van der Waals surface area (Å²) < 4.78 is 6.30. The molecule has 0 rings (SSSR count). The monoisotopic (exact) mass is 148 g/mol. The minimum atomic E-state index is 0.567. The molecule has 0 aliphatic carbocycles. The Balaban J connectivity index is 0. The molecule has 0 aliphatic rings. The van der Waals surface area contributed by atoms with Crippen molar-refractivity contribution in [2.24, 2.45) is 5.92 Å². The van der Waals surface area contributed by atoms with Crippen LogP contribution in [0.4, 0.5) is 0 Å². The molecule has 9 heavy (non-hydrogen) atoms. The third-order valence-corrected chi connectivity index (χ3v) is 0.695. The van der Waals surface area contributed by atoms with E-state index < -0.39 is 0 Å². The second-order valence-electron chi connectivity index (χ2n) is 2.12. The number of hydrogen-bond acceptors (Lipinski definition) is 2. The largest absolute Gasteiger partial charge is 0.396 e. The van der Waals surface area contributed by atoms with Gasteiger partial charge in [-0.05, 0) is 12.3 Å². The fourth-order valence-electron chi connectivity index (χ4n) is 0.236. The van der Waals surface area contributed by atoms with Crippen LogP contribution in [0.25, 0.3) is 0 Å². The number of rotatable bonds is 3. The van der Waals surface area contributed by atoms with Crippen LogP contribution in [0.15, 0.2) is 0 Å². The van der Waals surface area contributed by atoms with E-state index in [1.54, 1.807) is 6.15 Å². The van der Waals surface area contributed by atoms with Crippen LogP contribution in [0.1, 0.15) is 20.3 Å². The van der Waals surface area contributed by atoms with Crippen molar-refractivity contribution in [1.29, 1.82) is 1.43 Å². The predicted molar refractivity (Wildman–Crippen MR) is 45.7 cm³/mol. The maximum atomic E-state index is 6.30. The van der Waals surface area contributed by atoms with Crippen LogP contribution < -0.4 is 0 Å². The zero-order chi connectivity index (χ0) is 8.41. The Kier molecular flexibility index (Phi) is 11.4. The number of hydrogen-bond donors (Lipinski definition) is 1. The van der Waals surface area contributed by atoms with E-state index in [2.05, 4.69) is 31.0 Å². The van der Waals surface area contributed by atoms with Crippen LogP contribution in [-0.2, 0) is 0 Å². The molecule has 0 aromatic carbocycles. The molecule has 0 unspecified atom stereocenters. The van der Waals surface area contributed by atoms with Crippen molar-refractivity contribution < 1.29 is 5.11 Å². The minimum absolute atomic E-state index is 0.567. The summed E-state index contributed by atoms with van der Waals surface area (Å²) in [6.07, 6.45) is 2.57. The molecule has 0 aromatic heterocycles. The molecule has 54 valence electrons. The van der Waals surface area contributed by atoms with Gasteiger partial charge in [0.05, 0.1) is 0 Å². The first-order chi connectivity index (χ1) is 4.68. The standard InChI is InChI=1S/C5H12O.CH3BS/c1-5(2)3-4-6;1-2-3/h5-6H,3-4H2,1-2H3;1H3/i6T;. The maximum absolute atomic E-state index is 6.30. The van der Waals surface area contributed by atoms with E-state index in [9.17, 15) is 0 Å². The van der Waals surface area contributed by atoms with Crippen LogP contribution in [0.5, 0.6) is 0 Å². The first kappa shape index (κ1) is 9.24. The SMILES string of the molecule is CB=S.[3H]OCCC(C)C. The number of aliphatic hydroxyl groups is 1. The van der Waals surface area contributed by atoms with Gasteiger partial charge in [0, 0.05) is 6.61 Å². The first-order valence-corrected chi connectivity index (χ1v) is 3.64. The number of aliphatic hydroxyl groups excluding tert-OH is 1. The molecule has 3 heteroatoms. The van der Waals surface area contributed by atoms with Crippen LogP contribution in [0.2, 0.25) is 6.82 Å². The van der Waals surface area contributed by atoms with E-state index in [1.165, 1.54) is 0 Å². The van der Waals surface area contributed by atoms with E-state index in [4.69, 9.17) is 1.43 Å². The van der Waals surface area contributed by atoms with Crippen molar-refractivity contribution in [1.82, 2.24) is 0 Å². The third-order valence-electron chi connectivity index (χ3n) is 0.695. The van der Waals surface area contributed by atoms with E-state index in [-0.39, 0.29) is 0 Å². The molecule has 1 nitrogen and oxygen atoms in total.